The van der Waals surface area contributed by atoms with Crippen molar-refractivity contribution in [2.45, 2.75) is 64.1 Å². The maximum absolute atomic E-state index is 13.9. The average Bonchev–Trinajstić information content (AvgIpc) is 3.53. The van der Waals surface area contributed by atoms with E-state index >= 15 is 0 Å². The quantitative estimate of drug-likeness (QED) is 0.396. The fourth-order valence-electron chi connectivity index (χ4n) is 6.37. The molecule has 1 N–H and O–H groups in total. The van der Waals surface area contributed by atoms with Gasteiger partial charge < -0.3 is 5.32 Å². The molecule has 0 radical (unpaired) electrons. The van der Waals surface area contributed by atoms with Crippen molar-refractivity contribution in [3.63, 3.8) is 0 Å². The minimum Gasteiger partial charge on any atom is -0.349 e. The number of benzene rings is 1. The molecule has 5 heterocycles. The number of fused-ring (bicyclic) bond motifs is 2. The second-order valence-corrected chi connectivity index (χ2v) is 11.1. The number of carbonyl (C=O) groups is 1. The van der Waals surface area contributed by atoms with Crippen LogP contribution >= 0.6 is 0 Å². The zero-order chi connectivity index (χ0) is 25.7. The number of halogens is 1. The lowest BCUT2D eigenvalue weighted by Crippen LogP contribution is -2.57. The Hall–Kier alpha value is -3.58. The molecule has 1 amide bonds. The van der Waals surface area contributed by atoms with Crippen LogP contribution in [0.3, 0.4) is 0 Å². The van der Waals surface area contributed by atoms with Crippen molar-refractivity contribution in [1.29, 1.82) is 0 Å². The Kier molecular flexibility index (Phi) is 5.83. The summed E-state index contributed by atoms with van der Waals surface area (Å²) >= 11 is 0. The van der Waals surface area contributed by atoms with E-state index in [-0.39, 0.29) is 23.3 Å². The van der Waals surface area contributed by atoms with Gasteiger partial charge in [-0.15, -0.1) is 0 Å². The summed E-state index contributed by atoms with van der Waals surface area (Å²) in [7, 11) is 0. The number of rotatable bonds is 4. The topological polar surface area (TPSA) is 62.5 Å². The molecular weight excluding hydrogens is 465 g/mol. The summed E-state index contributed by atoms with van der Waals surface area (Å²) in [5.41, 5.74) is 5.43. The van der Waals surface area contributed by atoms with Gasteiger partial charge in [-0.1, -0.05) is 6.07 Å². The predicted octanol–water partition coefficient (Wildman–Crippen LogP) is 5.65. The van der Waals surface area contributed by atoms with Crippen molar-refractivity contribution in [2.24, 2.45) is 0 Å². The van der Waals surface area contributed by atoms with Gasteiger partial charge in [-0.3, -0.25) is 14.7 Å². The maximum Gasteiger partial charge on any atom is 0.255 e. The minimum atomic E-state index is -0.237. The van der Waals surface area contributed by atoms with Crippen molar-refractivity contribution < 1.29 is 9.18 Å². The molecular formula is C30H32FN5O. The standard InChI is InChI=1S/C30H32FN5O/c1-19-14-21(8-9-26(19)31)28-24(7-4-11-32-28)20-10-13-36-27(15-20)25(18-33-36)29(37)34-22-16-23-6-5-12-35(23)30(2,3)17-22/h4,7-11,13-15,18,22-23H,5-6,12,16-17H2,1-3H3,(H,34,37)/t22-,23+/m1/s1. The number of hydrogen-bond acceptors (Lipinski definition) is 4. The van der Waals surface area contributed by atoms with Crippen LogP contribution < -0.4 is 5.32 Å². The van der Waals surface area contributed by atoms with Crippen LogP contribution in [-0.4, -0.2) is 49.6 Å². The molecule has 6 rings (SSSR count). The summed E-state index contributed by atoms with van der Waals surface area (Å²) in [4.78, 5) is 20.7. The largest absolute Gasteiger partial charge is 0.349 e. The Bertz CT molecular complexity index is 1490. The molecule has 0 unspecified atom stereocenters. The molecule has 2 fully saturated rings. The van der Waals surface area contributed by atoms with Gasteiger partial charge in [-0.2, -0.15) is 5.10 Å². The molecule has 0 aliphatic carbocycles. The third-order valence-corrected chi connectivity index (χ3v) is 8.11. The summed E-state index contributed by atoms with van der Waals surface area (Å²) < 4.78 is 15.6. The lowest BCUT2D eigenvalue weighted by molar-refractivity contribution is 0.0367. The van der Waals surface area contributed by atoms with Crippen LogP contribution in [0.5, 0.6) is 0 Å². The molecule has 3 aromatic heterocycles. The van der Waals surface area contributed by atoms with E-state index in [2.05, 4.69) is 34.1 Å². The van der Waals surface area contributed by atoms with E-state index in [4.69, 9.17) is 0 Å². The molecule has 0 bridgehead atoms. The Morgan fingerprint density at radius 1 is 1.16 bits per heavy atom. The van der Waals surface area contributed by atoms with Crippen molar-refractivity contribution >= 4 is 11.4 Å². The Balaban J connectivity index is 1.31. The fraction of sp³-hybridized carbons (Fsp3) is 0.367. The van der Waals surface area contributed by atoms with E-state index in [1.165, 1.54) is 18.9 Å². The van der Waals surface area contributed by atoms with Crippen LogP contribution in [0.2, 0.25) is 0 Å². The lowest BCUT2D eigenvalue weighted by atomic mass is 9.83. The second-order valence-electron chi connectivity index (χ2n) is 11.1. The summed E-state index contributed by atoms with van der Waals surface area (Å²) in [5.74, 6) is -0.320. The molecule has 2 aliphatic rings. The van der Waals surface area contributed by atoms with E-state index < -0.39 is 0 Å². The van der Waals surface area contributed by atoms with Gasteiger partial charge in [0.05, 0.1) is 23.0 Å². The monoisotopic (exact) mass is 497 g/mol. The number of nitrogens with one attached hydrogen (secondary N) is 1. The Morgan fingerprint density at radius 3 is 2.86 bits per heavy atom. The van der Waals surface area contributed by atoms with Crippen LogP contribution in [0.4, 0.5) is 4.39 Å². The number of amides is 1. The van der Waals surface area contributed by atoms with Gasteiger partial charge in [-0.05, 0) is 101 Å². The Labute approximate surface area is 216 Å². The SMILES string of the molecule is Cc1cc(-c2ncccc2-c2ccn3ncc(C(=O)N[C@@H]4C[C@@H]5CCCN5C(C)(C)C4)c3c2)ccc1F. The van der Waals surface area contributed by atoms with E-state index in [9.17, 15) is 9.18 Å². The molecule has 2 atom stereocenters. The molecule has 0 spiro atoms. The normalized spacial score (nSPS) is 21.2. The summed E-state index contributed by atoms with van der Waals surface area (Å²) in [6.07, 6.45) is 9.64. The van der Waals surface area contributed by atoms with Gasteiger partial charge in [0.15, 0.2) is 0 Å². The summed E-state index contributed by atoms with van der Waals surface area (Å²) in [5, 5.41) is 7.76. The molecule has 0 saturated carbocycles. The predicted molar refractivity (Wildman–Crippen MR) is 143 cm³/mol. The van der Waals surface area contributed by atoms with E-state index in [1.54, 1.807) is 29.9 Å². The molecule has 1 aromatic carbocycles. The number of pyridine rings is 2. The number of carbonyl (C=O) groups excluding carboxylic acids is 1. The molecule has 6 nitrogen and oxygen atoms in total. The highest BCUT2D eigenvalue weighted by atomic mass is 19.1. The Morgan fingerprint density at radius 2 is 2.03 bits per heavy atom. The van der Waals surface area contributed by atoms with Gasteiger partial charge >= 0.3 is 0 Å². The van der Waals surface area contributed by atoms with Crippen molar-refractivity contribution in [3.05, 3.63) is 78.0 Å². The minimum absolute atomic E-state index is 0.0834. The second kappa shape index (κ2) is 9.06. The highest BCUT2D eigenvalue weighted by molar-refractivity contribution is 6.01. The molecule has 37 heavy (non-hydrogen) atoms. The van der Waals surface area contributed by atoms with Crippen molar-refractivity contribution in [1.82, 2.24) is 24.8 Å². The zero-order valence-corrected chi connectivity index (χ0v) is 21.5. The number of hydrogen-bond donors (Lipinski definition) is 1. The number of nitrogens with zero attached hydrogens (tertiary/aromatic N) is 4. The van der Waals surface area contributed by atoms with E-state index in [0.29, 0.717) is 17.2 Å². The van der Waals surface area contributed by atoms with Gasteiger partial charge in [0.1, 0.15) is 5.82 Å². The first-order chi connectivity index (χ1) is 17.8. The van der Waals surface area contributed by atoms with Crippen LogP contribution in [0, 0.1) is 12.7 Å². The summed E-state index contributed by atoms with van der Waals surface area (Å²) in [6, 6.07) is 13.6. The van der Waals surface area contributed by atoms with Gasteiger partial charge in [0, 0.05) is 41.1 Å². The van der Waals surface area contributed by atoms with Crippen molar-refractivity contribution in [3.8, 4) is 22.4 Å². The number of piperidine rings is 1. The maximum atomic E-state index is 13.9. The highest BCUT2D eigenvalue weighted by Gasteiger charge is 2.43. The van der Waals surface area contributed by atoms with Gasteiger partial charge in [0.25, 0.3) is 5.91 Å². The smallest absolute Gasteiger partial charge is 0.255 e. The first-order valence-electron chi connectivity index (χ1n) is 13.1. The van der Waals surface area contributed by atoms with Crippen LogP contribution in [0.15, 0.2) is 61.1 Å². The van der Waals surface area contributed by atoms with Gasteiger partial charge in [-0.25, -0.2) is 8.91 Å². The third kappa shape index (κ3) is 4.31. The molecule has 7 heteroatoms. The molecule has 2 aliphatic heterocycles. The lowest BCUT2D eigenvalue weighted by Gasteiger charge is -2.47. The van der Waals surface area contributed by atoms with Crippen LogP contribution in [0.1, 0.15) is 55.5 Å². The average molecular weight is 498 g/mol. The van der Waals surface area contributed by atoms with Crippen LogP contribution in [-0.2, 0) is 0 Å². The molecule has 4 aromatic rings. The summed E-state index contributed by atoms with van der Waals surface area (Å²) in [6.45, 7) is 7.49. The fourth-order valence-corrected chi connectivity index (χ4v) is 6.37. The highest BCUT2D eigenvalue weighted by Crippen LogP contribution is 2.38. The van der Waals surface area contributed by atoms with Crippen LogP contribution in [0.25, 0.3) is 27.9 Å². The first kappa shape index (κ1) is 23.8. The van der Waals surface area contributed by atoms with Crippen molar-refractivity contribution in [2.75, 3.05) is 6.54 Å². The third-order valence-electron chi connectivity index (χ3n) is 8.11. The zero-order valence-electron chi connectivity index (χ0n) is 21.5. The molecule has 190 valence electrons. The molecule has 2 saturated heterocycles. The van der Waals surface area contributed by atoms with E-state index in [0.717, 1.165) is 47.3 Å². The first-order valence-corrected chi connectivity index (χ1v) is 13.1. The number of aryl methyl sites for hydroxylation is 1. The number of aromatic nitrogens is 3. The van der Waals surface area contributed by atoms with E-state index in [1.807, 2.05) is 36.5 Å². The van der Waals surface area contributed by atoms with Gasteiger partial charge in [0.2, 0.25) is 0 Å².